The van der Waals surface area contributed by atoms with E-state index in [4.69, 9.17) is 5.11 Å². The van der Waals surface area contributed by atoms with Gasteiger partial charge >= 0.3 is 0 Å². The molecule has 0 spiro atoms. The molecule has 0 aromatic rings. The average molecular weight is 170 g/mol. The minimum Gasteiger partial charge on any atom is -0.343 e. The fourth-order valence-corrected chi connectivity index (χ4v) is 0.531. The van der Waals surface area contributed by atoms with Crippen molar-refractivity contribution in [1.82, 2.24) is 0 Å². The molecule has 68 valence electrons. The summed E-state index contributed by atoms with van der Waals surface area (Å²) in [6.45, 7) is 0.611. The van der Waals surface area contributed by atoms with E-state index in [1.807, 2.05) is 0 Å². The third kappa shape index (κ3) is 3.09. The van der Waals surface area contributed by atoms with Crippen molar-refractivity contribution in [3.05, 3.63) is 0 Å². The maximum Gasteiger partial charge on any atom is 0.287 e. The number of rotatable bonds is 5. The van der Waals surface area contributed by atoms with Crippen LogP contribution >= 0.6 is 0 Å². The molecule has 0 aliphatic carbocycles. The smallest absolute Gasteiger partial charge is 0.287 e. The molecule has 0 radical (unpaired) electrons. The standard InChI is InChI=1S/C6H12F2O3/c1-5(2)6(9,10-3-7)11-4-8/h5,9H,3-4H2,1-2H3. The molecule has 0 saturated carbocycles. The van der Waals surface area contributed by atoms with Crippen molar-refractivity contribution in [3.8, 4) is 0 Å². The Kier molecular flexibility index (Phi) is 4.48. The number of ether oxygens (including phenoxy) is 2. The van der Waals surface area contributed by atoms with Crippen molar-refractivity contribution in [1.29, 1.82) is 0 Å². The first-order valence-electron chi connectivity index (χ1n) is 3.19. The SMILES string of the molecule is CC(C)C(O)(OCF)OCF. The van der Waals surface area contributed by atoms with E-state index >= 15 is 0 Å². The molecule has 0 amide bonds. The summed E-state index contributed by atoms with van der Waals surface area (Å²) in [7, 11) is 0. The molecule has 0 aliphatic heterocycles. The Bertz CT molecular complexity index is 102. The first kappa shape index (κ1) is 10.7. The average Bonchev–Trinajstić information content (AvgIpc) is 1.88. The van der Waals surface area contributed by atoms with Crippen LogP contribution in [0.25, 0.3) is 0 Å². The minimum atomic E-state index is -2.15. The lowest BCUT2D eigenvalue weighted by Gasteiger charge is -2.28. The van der Waals surface area contributed by atoms with Crippen LogP contribution in [0.1, 0.15) is 13.8 Å². The molecule has 0 heterocycles. The lowest BCUT2D eigenvalue weighted by atomic mass is 10.2. The topological polar surface area (TPSA) is 38.7 Å². The van der Waals surface area contributed by atoms with Crippen molar-refractivity contribution < 1.29 is 23.4 Å². The molecule has 0 aromatic heterocycles. The summed E-state index contributed by atoms with van der Waals surface area (Å²) in [6.07, 6.45) is 0. The zero-order valence-electron chi connectivity index (χ0n) is 6.51. The molecule has 1 N–H and O–H groups in total. The summed E-state index contributed by atoms with van der Waals surface area (Å²) < 4.78 is 31.5. The molecule has 0 rings (SSSR count). The minimum absolute atomic E-state index is 0.533. The van der Waals surface area contributed by atoms with Crippen molar-refractivity contribution in [2.24, 2.45) is 5.92 Å². The molecule has 0 aliphatic rings. The Morgan fingerprint density at radius 1 is 1.27 bits per heavy atom. The van der Waals surface area contributed by atoms with Gasteiger partial charge in [-0.3, -0.25) is 9.47 Å². The van der Waals surface area contributed by atoms with E-state index < -0.39 is 25.6 Å². The lowest BCUT2D eigenvalue weighted by Crippen LogP contribution is -2.41. The van der Waals surface area contributed by atoms with Gasteiger partial charge in [-0.2, -0.15) is 0 Å². The second-order valence-corrected chi connectivity index (χ2v) is 2.29. The van der Waals surface area contributed by atoms with Crippen LogP contribution in [0.2, 0.25) is 0 Å². The number of alkyl halides is 2. The first-order valence-corrected chi connectivity index (χ1v) is 3.19. The molecule has 0 atom stereocenters. The molecule has 3 nitrogen and oxygen atoms in total. The zero-order valence-corrected chi connectivity index (χ0v) is 6.51. The quantitative estimate of drug-likeness (QED) is 0.629. The van der Waals surface area contributed by atoms with Gasteiger partial charge in [-0.1, -0.05) is 13.8 Å². The highest BCUT2D eigenvalue weighted by molar-refractivity contribution is 4.57. The van der Waals surface area contributed by atoms with E-state index in [1.54, 1.807) is 0 Å². The van der Waals surface area contributed by atoms with Crippen LogP contribution in [0.3, 0.4) is 0 Å². The highest BCUT2D eigenvalue weighted by atomic mass is 19.1. The van der Waals surface area contributed by atoms with Crippen molar-refractivity contribution in [3.63, 3.8) is 0 Å². The maximum absolute atomic E-state index is 11.6. The largest absolute Gasteiger partial charge is 0.343 e. The van der Waals surface area contributed by atoms with Crippen LogP contribution in [-0.2, 0) is 9.47 Å². The maximum atomic E-state index is 11.6. The molecule has 5 heteroatoms. The van der Waals surface area contributed by atoms with Gasteiger partial charge in [0.15, 0.2) is 13.7 Å². The van der Waals surface area contributed by atoms with Gasteiger partial charge in [-0.15, -0.1) is 0 Å². The van der Waals surface area contributed by atoms with E-state index in [-0.39, 0.29) is 0 Å². The summed E-state index contributed by atoms with van der Waals surface area (Å²) in [5, 5.41) is 9.16. The molecule has 0 bridgehead atoms. The van der Waals surface area contributed by atoms with Gasteiger partial charge in [0.25, 0.3) is 5.97 Å². The van der Waals surface area contributed by atoms with Gasteiger partial charge in [0.2, 0.25) is 0 Å². The third-order valence-electron chi connectivity index (χ3n) is 1.25. The fraction of sp³-hybridized carbons (Fsp3) is 1.00. The van der Waals surface area contributed by atoms with E-state index in [1.165, 1.54) is 13.8 Å². The van der Waals surface area contributed by atoms with E-state index in [0.717, 1.165) is 0 Å². The molecule has 0 fully saturated rings. The number of halogens is 2. The van der Waals surface area contributed by atoms with Crippen molar-refractivity contribution in [2.45, 2.75) is 19.8 Å². The Morgan fingerprint density at radius 3 is 1.82 bits per heavy atom. The number of aliphatic hydroxyl groups is 1. The fourth-order valence-electron chi connectivity index (χ4n) is 0.531. The summed E-state index contributed by atoms with van der Waals surface area (Å²) in [5.74, 6) is -2.68. The van der Waals surface area contributed by atoms with E-state index in [0.29, 0.717) is 0 Å². The Balaban J connectivity index is 4.01. The van der Waals surface area contributed by atoms with E-state index in [9.17, 15) is 8.78 Å². The predicted octanol–water partition coefficient (Wildman–Crippen LogP) is 1.18. The summed E-state index contributed by atoms with van der Waals surface area (Å²) in [4.78, 5) is 0. The Labute approximate surface area is 63.9 Å². The molecule has 0 unspecified atom stereocenters. The Hall–Kier alpha value is -0.260. The number of hydrogen-bond acceptors (Lipinski definition) is 3. The van der Waals surface area contributed by atoms with Crippen LogP contribution in [0, 0.1) is 5.92 Å². The third-order valence-corrected chi connectivity index (χ3v) is 1.25. The van der Waals surface area contributed by atoms with Gasteiger partial charge in [0.05, 0.1) is 0 Å². The first-order chi connectivity index (χ1) is 5.06. The number of hydrogen-bond donors (Lipinski definition) is 1. The molecule has 0 aromatic carbocycles. The molecular formula is C6H12F2O3. The normalized spacial score (nSPS) is 12.5. The van der Waals surface area contributed by atoms with Gasteiger partial charge in [0, 0.05) is 5.92 Å². The highest BCUT2D eigenvalue weighted by Gasteiger charge is 2.33. The van der Waals surface area contributed by atoms with Crippen LogP contribution in [0.5, 0.6) is 0 Å². The van der Waals surface area contributed by atoms with Crippen molar-refractivity contribution in [2.75, 3.05) is 13.7 Å². The van der Waals surface area contributed by atoms with Crippen LogP contribution in [-0.4, -0.2) is 24.8 Å². The predicted molar refractivity (Wildman–Crippen MR) is 33.9 cm³/mol. The van der Waals surface area contributed by atoms with Gasteiger partial charge in [-0.05, 0) is 0 Å². The molecule has 0 saturated heterocycles. The van der Waals surface area contributed by atoms with E-state index in [2.05, 4.69) is 9.47 Å². The van der Waals surface area contributed by atoms with Crippen LogP contribution in [0.15, 0.2) is 0 Å². The Morgan fingerprint density at radius 2 is 1.64 bits per heavy atom. The molecular weight excluding hydrogens is 158 g/mol. The summed E-state index contributed by atoms with van der Waals surface area (Å²) >= 11 is 0. The van der Waals surface area contributed by atoms with Gasteiger partial charge in [0.1, 0.15) is 0 Å². The lowest BCUT2D eigenvalue weighted by molar-refractivity contribution is -0.398. The van der Waals surface area contributed by atoms with Crippen molar-refractivity contribution >= 4 is 0 Å². The van der Waals surface area contributed by atoms with Crippen LogP contribution < -0.4 is 0 Å². The summed E-state index contributed by atoms with van der Waals surface area (Å²) in [6, 6.07) is 0. The van der Waals surface area contributed by atoms with Gasteiger partial charge < -0.3 is 5.11 Å². The second kappa shape index (κ2) is 4.58. The monoisotopic (exact) mass is 170 g/mol. The molecule has 11 heavy (non-hydrogen) atoms. The second-order valence-electron chi connectivity index (χ2n) is 2.29. The zero-order chi connectivity index (χ0) is 8.91. The van der Waals surface area contributed by atoms with Gasteiger partial charge in [-0.25, -0.2) is 8.78 Å². The summed E-state index contributed by atoms with van der Waals surface area (Å²) in [5.41, 5.74) is 0. The van der Waals surface area contributed by atoms with Crippen LogP contribution in [0.4, 0.5) is 8.78 Å². The highest BCUT2D eigenvalue weighted by Crippen LogP contribution is 2.20.